The van der Waals surface area contributed by atoms with Crippen LogP contribution in [0.1, 0.15) is 31.9 Å². The summed E-state index contributed by atoms with van der Waals surface area (Å²) in [5, 5.41) is 22.3. The molecule has 3 aromatic heterocycles. The van der Waals surface area contributed by atoms with E-state index in [1.807, 2.05) is 24.7 Å². The Kier molecular flexibility index (Phi) is 6.54. The summed E-state index contributed by atoms with van der Waals surface area (Å²) in [6.45, 7) is 4.47. The zero-order valence-corrected chi connectivity index (χ0v) is 17.0. The van der Waals surface area contributed by atoms with E-state index in [9.17, 15) is 10.1 Å². The Morgan fingerprint density at radius 3 is 2.63 bits per heavy atom. The van der Waals surface area contributed by atoms with E-state index < -0.39 is 0 Å². The third-order valence-electron chi connectivity index (χ3n) is 4.27. The first-order valence-electron chi connectivity index (χ1n) is 9.49. The van der Waals surface area contributed by atoms with Crippen molar-refractivity contribution in [2.45, 2.75) is 26.3 Å². The van der Waals surface area contributed by atoms with Gasteiger partial charge < -0.3 is 16.0 Å². The lowest BCUT2D eigenvalue weighted by atomic mass is 10.2. The molecule has 0 aliphatic heterocycles. The summed E-state index contributed by atoms with van der Waals surface area (Å²) >= 11 is 0. The van der Waals surface area contributed by atoms with Crippen molar-refractivity contribution >= 4 is 23.4 Å². The predicted octanol–water partition coefficient (Wildman–Crippen LogP) is 2.48. The van der Waals surface area contributed by atoms with E-state index >= 15 is 0 Å². The minimum absolute atomic E-state index is 0.0902. The highest BCUT2D eigenvalue weighted by Crippen LogP contribution is 2.22. The summed E-state index contributed by atoms with van der Waals surface area (Å²) in [6.07, 6.45) is 7.21. The number of amides is 1. The largest absolute Gasteiger partial charge is 0.368 e. The van der Waals surface area contributed by atoms with Crippen molar-refractivity contribution < 1.29 is 4.79 Å². The maximum Gasteiger partial charge on any atom is 0.227 e. The first kappa shape index (κ1) is 20.7. The van der Waals surface area contributed by atoms with Crippen LogP contribution in [0.4, 0.5) is 17.5 Å². The molecule has 0 spiro atoms. The monoisotopic (exact) mass is 405 g/mol. The van der Waals surface area contributed by atoms with Gasteiger partial charge in [-0.15, -0.1) is 0 Å². The van der Waals surface area contributed by atoms with Crippen LogP contribution < -0.4 is 16.0 Å². The number of hydrogen-bond acceptors (Lipinski definition) is 8. The third kappa shape index (κ3) is 5.08. The van der Waals surface area contributed by atoms with Crippen LogP contribution in [-0.4, -0.2) is 44.2 Å². The minimum atomic E-state index is -0.0902. The van der Waals surface area contributed by atoms with Crippen LogP contribution in [0.25, 0.3) is 11.3 Å². The van der Waals surface area contributed by atoms with Crippen molar-refractivity contribution in [2.24, 2.45) is 0 Å². The molecule has 10 nitrogen and oxygen atoms in total. The summed E-state index contributed by atoms with van der Waals surface area (Å²) < 4.78 is 1.84. The predicted molar refractivity (Wildman–Crippen MR) is 113 cm³/mol. The second kappa shape index (κ2) is 9.47. The average Bonchev–Trinajstić information content (AvgIpc) is 3.23. The van der Waals surface area contributed by atoms with Crippen molar-refractivity contribution in [3.05, 3.63) is 42.5 Å². The quantitative estimate of drug-likeness (QED) is 0.520. The zero-order valence-electron chi connectivity index (χ0n) is 17.0. The number of nitrogens with one attached hydrogen (secondary N) is 3. The minimum Gasteiger partial charge on any atom is -0.368 e. The van der Waals surface area contributed by atoms with Crippen LogP contribution in [0, 0.1) is 11.3 Å². The molecule has 0 aliphatic carbocycles. The number of carbonyl (C=O) groups excluding carboxylic acids is 1. The molecule has 154 valence electrons. The van der Waals surface area contributed by atoms with E-state index in [1.54, 1.807) is 37.8 Å². The number of rotatable bonds is 8. The molecule has 0 atom stereocenters. The highest BCUT2D eigenvalue weighted by atomic mass is 16.1. The van der Waals surface area contributed by atoms with Gasteiger partial charge in [-0.05, 0) is 26.0 Å². The fourth-order valence-electron chi connectivity index (χ4n) is 2.60. The van der Waals surface area contributed by atoms with Gasteiger partial charge in [0, 0.05) is 50.2 Å². The molecule has 3 aromatic rings. The van der Waals surface area contributed by atoms with Gasteiger partial charge >= 0.3 is 0 Å². The van der Waals surface area contributed by atoms with E-state index in [1.165, 1.54) is 0 Å². The molecule has 10 heteroatoms. The van der Waals surface area contributed by atoms with Crippen molar-refractivity contribution in [2.75, 3.05) is 24.2 Å². The fourth-order valence-corrected chi connectivity index (χ4v) is 2.60. The number of pyridine rings is 1. The first-order chi connectivity index (χ1) is 14.5. The number of nitrogens with zero attached hydrogens (tertiary/aromatic N) is 6. The van der Waals surface area contributed by atoms with Gasteiger partial charge in [-0.2, -0.15) is 10.4 Å². The maximum absolute atomic E-state index is 11.4. The lowest BCUT2D eigenvalue weighted by molar-refractivity contribution is -0.120. The van der Waals surface area contributed by atoms with E-state index in [-0.39, 0.29) is 18.4 Å². The maximum atomic E-state index is 11.4. The smallest absolute Gasteiger partial charge is 0.227 e. The SMILES string of the molecule is CNC(=O)CCNc1nc(-c2cnc(Nc3cnn(C(C)C)c3)nc2)ccc1C#N. The van der Waals surface area contributed by atoms with Gasteiger partial charge in [0.1, 0.15) is 11.9 Å². The molecule has 0 aliphatic rings. The van der Waals surface area contributed by atoms with Crippen molar-refractivity contribution in [3.8, 4) is 17.3 Å². The molecule has 1 amide bonds. The van der Waals surface area contributed by atoms with Gasteiger partial charge in [0.15, 0.2) is 0 Å². The van der Waals surface area contributed by atoms with Crippen LogP contribution in [0.15, 0.2) is 36.9 Å². The zero-order chi connectivity index (χ0) is 21.5. The van der Waals surface area contributed by atoms with Crippen molar-refractivity contribution in [3.63, 3.8) is 0 Å². The second-order valence-electron chi connectivity index (χ2n) is 6.78. The molecule has 0 saturated carbocycles. The fraction of sp³-hybridized carbons (Fsp3) is 0.300. The summed E-state index contributed by atoms with van der Waals surface area (Å²) in [7, 11) is 1.58. The lowest BCUT2D eigenvalue weighted by Crippen LogP contribution is -2.21. The molecular formula is C20H23N9O. The average molecular weight is 405 g/mol. The molecule has 0 fully saturated rings. The summed E-state index contributed by atoms with van der Waals surface area (Å²) in [6, 6.07) is 5.78. The molecule has 0 aromatic carbocycles. The van der Waals surface area contributed by atoms with Gasteiger partial charge in [0.2, 0.25) is 11.9 Å². The topological polar surface area (TPSA) is 133 Å². The van der Waals surface area contributed by atoms with E-state index in [0.29, 0.717) is 35.1 Å². The van der Waals surface area contributed by atoms with Gasteiger partial charge in [-0.1, -0.05) is 0 Å². The Hall–Kier alpha value is -4.00. The van der Waals surface area contributed by atoms with Gasteiger partial charge in [-0.25, -0.2) is 15.0 Å². The number of hydrogen-bond donors (Lipinski definition) is 3. The van der Waals surface area contributed by atoms with E-state index in [2.05, 4.69) is 42.1 Å². The van der Waals surface area contributed by atoms with E-state index in [4.69, 9.17) is 0 Å². The number of nitriles is 1. The molecule has 0 bridgehead atoms. The van der Waals surface area contributed by atoms with Crippen LogP contribution >= 0.6 is 0 Å². The Balaban J connectivity index is 1.72. The van der Waals surface area contributed by atoms with Crippen molar-refractivity contribution in [1.29, 1.82) is 5.26 Å². The molecule has 3 rings (SSSR count). The summed E-state index contributed by atoms with van der Waals surface area (Å²) in [5.74, 6) is 0.773. The number of carbonyl (C=O) groups is 1. The van der Waals surface area contributed by atoms with Crippen LogP contribution in [-0.2, 0) is 4.79 Å². The van der Waals surface area contributed by atoms with Crippen LogP contribution in [0.5, 0.6) is 0 Å². The van der Waals surface area contributed by atoms with E-state index in [0.717, 1.165) is 5.69 Å². The molecular weight excluding hydrogens is 382 g/mol. The van der Waals surface area contributed by atoms with Gasteiger partial charge in [0.05, 0.1) is 23.1 Å². The highest BCUT2D eigenvalue weighted by Gasteiger charge is 2.09. The molecule has 0 unspecified atom stereocenters. The molecule has 3 N–H and O–H groups in total. The highest BCUT2D eigenvalue weighted by molar-refractivity contribution is 5.76. The Morgan fingerprint density at radius 2 is 2.00 bits per heavy atom. The molecule has 0 radical (unpaired) electrons. The van der Waals surface area contributed by atoms with Gasteiger partial charge in [0.25, 0.3) is 0 Å². The summed E-state index contributed by atoms with van der Waals surface area (Å²) in [5.41, 5.74) is 2.53. The molecule has 3 heterocycles. The Labute approximate surface area is 174 Å². The molecule has 0 saturated heterocycles. The standard InChI is InChI=1S/C20H23N9O/c1-13(2)29-12-16(11-26-29)27-20-24-9-15(10-25-20)17-5-4-14(8-21)19(28-17)23-7-6-18(30)22-3/h4-5,9-13H,6-7H2,1-3H3,(H,22,30)(H,23,28)(H,24,25,27). The normalized spacial score (nSPS) is 10.5. The second-order valence-corrected chi connectivity index (χ2v) is 6.78. The van der Waals surface area contributed by atoms with Crippen LogP contribution in [0.3, 0.4) is 0 Å². The Morgan fingerprint density at radius 1 is 1.23 bits per heavy atom. The number of aromatic nitrogens is 5. The number of anilines is 3. The van der Waals surface area contributed by atoms with Crippen LogP contribution in [0.2, 0.25) is 0 Å². The van der Waals surface area contributed by atoms with Gasteiger partial charge in [-0.3, -0.25) is 9.48 Å². The van der Waals surface area contributed by atoms with Crippen molar-refractivity contribution in [1.82, 2.24) is 30.0 Å². The third-order valence-corrected chi connectivity index (χ3v) is 4.27. The summed E-state index contributed by atoms with van der Waals surface area (Å²) in [4.78, 5) is 24.5. The Bertz CT molecular complexity index is 1050. The molecule has 30 heavy (non-hydrogen) atoms. The first-order valence-corrected chi connectivity index (χ1v) is 9.49. The lowest BCUT2D eigenvalue weighted by Gasteiger charge is -2.09.